The summed E-state index contributed by atoms with van der Waals surface area (Å²) in [7, 11) is 0. The number of nitrogens with two attached hydrogens (primary N) is 1. The van der Waals surface area contributed by atoms with Crippen LogP contribution in [-0.4, -0.2) is 21.8 Å². The van der Waals surface area contributed by atoms with Crippen molar-refractivity contribution >= 4 is 5.78 Å². The molecule has 1 aromatic rings. The smallest absolute Gasteiger partial charge is 0.199 e. The van der Waals surface area contributed by atoms with E-state index in [-0.39, 0.29) is 11.8 Å². The topological polar surface area (TPSA) is 68.9 Å². The van der Waals surface area contributed by atoms with E-state index in [2.05, 4.69) is 9.97 Å². The third-order valence-corrected chi connectivity index (χ3v) is 2.78. The molecule has 1 aliphatic rings. The second-order valence-corrected chi connectivity index (χ2v) is 3.67. The van der Waals surface area contributed by atoms with Crippen LogP contribution in [0.25, 0.3) is 0 Å². The van der Waals surface area contributed by atoms with E-state index in [1.807, 2.05) is 0 Å². The van der Waals surface area contributed by atoms with Crippen LogP contribution in [0.3, 0.4) is 0 Å². The van der Waals surface area contributed by atoms with Gasteiger partial charge in [0.2, 0.25) is 0 Å². The lowest BCUT2D eigenvalue weighted by molar-refractivity contribution is 0.0891. The largest absolute Gasteiger partial charge is 0.321 e. The standard InChI is InChI=1S/C10H13N3O/c11-9(7-2-1-3-7)10(14)8-6-12-4-5-13-8/h4-7,9H,1-3,11H2. The number of Topliss-reactive ketones (excluding diaryl/α,β-unsaturated/α-hetero) is 1. The molecule has 0 saturated heterocycles. The van der Waals surface area contributed by atoms with Crippen molar-refractivity contribution in [2.24, 2.45) is 11.7 Å². The van der Waals surface area contributed by atoms with Crippen LogP contribution in [0.5, 0.6) is 0 Å². The summed E-state index contributed by atoms with van der Waals surface area (Å²) in [4.78, 5) is 19.6. The van der Waals surface area contributed by atoms with Crippen LogP contribution in [0.4, 0.5) is 0 Å². The quantitative estimate of drug-likeness (QED) is 0.717. The van der Waals surface area contributed by atoms with Gasteiger partial charge in [0.1, 0.15) is 5.69 Å². The molecule has 2 N–H and O–H groups in total. The van der Waals surface area contributed by atoms with Gasteiger partial charge < -0.3 is 5.73 Å². The van der Waals surface area contributed by atoms with E-state index in [1.54, 1.807) is 6.20 Å². The number of nitrogens with zero attached hydrogens (tertiary/aromatic N) is 2. The van der Waals surface area contributed by atoms with Gasteiger partial charge in [-0.05, 0) is 18.8 Å². The van der Waals surface area contributed by atoms with Crippen LogP contribution in [-0.2, 0) is 0 Å². The highest BCUT2D eigenvalue weighted by atomic mass is 16.1. The highest BCUT2D eigenvalue weighted by Gasteiger charge is 2.30. The molecular weight excluding hydrogens is 178 g/mol. The summed E-state index contributed by atoms with van der Waals surface area (Å²) < 4.78 is 0. The number of rotatable bonds is 3. The van der Waals surface area contributed by atoms with Gasteiger partial charge in [-0.3, -0.25) is 9.78 Å². The maximum atomic E-state index is 11.8. The molecule has 0 bridgehead atoms. The minimum atomic E-state index is -0.388. The Labute approximate surface area is 82.6 Å². The summed E-state index contributed by atoms with van der Waals surface area (Å²) in [6, 6.07) is -0.388. The van der Waals surface area contributed by atoms with Crippen molar-refractivity contribution in [1.82, 2.24) is 9.97 Å². The normalized spacial score (nSPS) is 18.6. The van der Waals surface area contributed by atoms with Crippen molar-refractivity contribution in [3.8, 4) is 0 Å². The zero-order valence-corrected chi connectivity index (χ0v) is 7.89. The molecule has 1 atom stereocenters. The number of carbonyl (C=O) groups excluding carboxylic acids is 1. The molecule has 1 heterocycles. The second kappa shape index (κ2) is 3.84. The molecule has 0 aliphatic heterocycles. The summed E-state index contributed by atoms with van der Waals surface area (Å²) in [5.74, 6) is 0.271. The van der Waals surface area contributed by atoms with E-state index in [4.69, 9.17) is 5.73 Å². The van der Waals surface area contributed by atoms with E-state index < -0.39 is 0 Å². The van der Waals surface area contributed by atoms with Gasteiger partial charge in [0.25, 0.3) is 0 Å². The molecular formula is C10H13N3O. The summed E-state index contributed by atoms with van der Waals surface area (Å²) in [6.45, 7) is 0. The maximum absolute atomic E-state index is 11.8. The predicted molar refractivity (Wildman–Crippen MR) is 51.7 cm³/mol. The van der Waals surface area contributed by atoms with Crippen molar-refractivity contribution in [3.63, 3.8) is 0 Å². The van der Waals surface area contributed by atoms with Gasteiger partial charge in [0, 0.05) is 12.4 Å². The molecule has 4 heteroatoms. The lowest BCUT2D eigenvalue weighted by Gasteiger charge is -2.29. The Morgan fingerprint density at radius 1 is 1.50 bits per heavy atom. The molecule has 0 aromatic carbocycles. The van der Waals surface area contributed by atoms with Gasteiger partial charge in [0.05, 0.1) is 12.2 Å². The molecule has 1 aliphatic carbocycles. The molecule has 1 saturated carbocycles. The van der Waals surface area contributed by atoms with E-state index >= 15 is 0 Å². The van der Waals surface area contributed by atoms with Crippen LogP contribution in [0.1, 0.15) is 29.8 Å². The molecule has 4 nitrogen and oxygen atoms in total. The van der Waals surface area contributed by atoms with Gasteiger partial charge in [-0.25, -0.2) is 4.98 Å². The molecule has 1 aromatic heterocycles. The van der Waals surface area contributed by atoms with E-state index in [0.717, 1.165) is 12.8 Å². The van der Waals surface area contributed by atoms with Crippen LogP contribution in [0, 0.1) is 5.92 Å². The monoisotopic (exact) mass is 191 g/mol. The summed E-state index contributed by atoms with van der Waals surface area (Å²) in [6.07, 6.45) is 7.85. The first-order chi connectivity index (χ1) is 6.79. The first-order valence-corrected chi connectivity index (χ1v) is 4.85. The Balaban J connectivity index is 2.07. The lowest BCUT2D eigenvalue weighted by Crippen LogP contribution is -2.41. The van der Waals surface area contributed by atoms with Crippen molar-refractivity contribution in [2.75, 3.05) is 0 Å². The fourth-order valence-electron chi connectivity index (χ4n) is 1.61. The van der Waals surface area contributed by atoms with Crippen LogP contribution in [0.2, 0.25) is 0 Å². The van der Waals surface area contributed by atoms with Crippen molar-refractivity contribution in [1.29, 1.82) is 0 Å². The number of hydrogen-bond acceptors (Lipinski definition) is 4. The van der Waals surface area contributed by atoms with Gasteiger partial charge in [-0.2, -0.15) is 0 Å². The minimum absolute atomic E-state index is 0.0807. The Morgan fingerprint density at radius 2 is 2.29 bits per heavy atom. The van der Waals surface area contributed by atoms with Crippen molar-refractivity contribution in [2.45, 2.75) is 25.3 Å². The Kier molecular flexibility index (Phi) is 2.54. The van der Waals surface area contributed by atoms with Crippen LogP contribution >= 0.6 is 0 Å². The molecule has 0 radical (unpaired) electrons. The molecule has 2 rings (SSSR count). The number of hydrogen-bond donors (Lipinski definition) is 1. The average molecular weight is 191 g/mol. The van der Waals surface area contributed by atoms with Crippen LogP contribution in [0.15, 0.2) is 18.6 Å². The van der Waals surface area contributed by atoms with Gasteiger partial charge in [0.15, 0.2) is 5.78 Å². The number of aromatic nitrogens is 2. The Morgan fingerprint density at radius 3 is 2.79 bits per heavy atom. The van der Waals surface area contributed by atoms with Gasteiger partial charge in [-0.1, -0.05) is 6.42 Å². The average Bonchev–Trinajstić information content (AvgIpc) is 2.15. The summed E-state index contributed by atoms with van der Waals surface area (Å²) in [5, 5.41) is 0. The second-order valence-electron chi connectivity index (χ2n) is 3.67. The van der Waals surface area contributed by atoms with E-state index in [0.29, 0.717) is 11.6 Å². The molecule has 1 fully saturated rings. The highest BCUT2D eigenvalue weighted by molar-refractivity contribution is 5.98. The third kappa shape index (κ3) is 1.65. The van der Waals surface area contributed by atoms with Gasteiger partial charge >= 0.3 is 0 Å². The zero-order chi connectivity index (χ0) is 9.97. The number of ketones is 1. The third-order valence-electron chi connectivity index (χ3n) is 2.78. The highest BCUT2D eigenvalue weighted by Crippen LogP contribution is 2.29. The molecule has 1 unspecified atom stereocenters. The molecule has 0 spiro atoms. The Bertz CT molecular complexity index is 321. The first-order valence-electron chi connectivity index (χ1n) is 4.85. The summed E-state index contributed by atoms with van der Waals surface area (Å²) in [5.41, 5.74) is 6.22. The molecule has 74 valence electrons. The predicted octanol–water partition coefficient (Wildman–Crippen LogP) is 0.787. The summed E-state index contributed by atoms with van der Waals surface area (Å²) >= 11 is 0. The van der Waals surface area contributed by atoms with Gasteiger partial charge in [-0.15, -0.1) is 0 Å². The van der Waals surface area contributed by atoms with E-state index in [1.165, 1.54) is 18.8 Å². The Hall–Kier alpha value is -1.29. The number of carbonyl (C=O) groups is 1. The van der Waals surface area contributed by atoms with Crippen molar-refractivity contribution < 1.29 is 4.79 Å². The lowest BCUT2D eigenvalue weighted by atomic mass is 9.78. The van der Waals surface area contributed by atoms with Crippen LogP contribution < -0.4 is 5.73 Å². The van der Waals surface area contributed by atoms with Crippen molar-refractivity contribution in [3.05, 3.63) is 24.3 Å². The van der Waals surface area contributed by atoms with E-state index in [9.17, 15) is 4.79 Å². The fourth-order valence-corrected chi connectivity index (χ4v) is 1.61. The zero-order valence-electron chi connectivity index (χ0n) is 7.89. The SMILES string of the molecule is NC(C(=O)c1cnccn1)C1CCC1. The minimum Gasteiger partial charge on any atom is -0.321 e. The first kappa shape index (κ1) is 9.27. The molecule has 14 heavy (non-hydrogen) atoms. The fraction of sp³-hybridized carbons (Fsp3) is 0.500. The molecule has 0 amide bonds. The maximum Gasteiger partial charge on any atom is 0.199 e.